The summed E-state index contributed by atoms with van der Waals surface area (Å²) in [4.78, 5) is 25.8. The number of ether oxygens (including phenoxy) is 4. The van der Waals surface area contributed by atoms with Crippen LogP contribution in [0.2, 0.25) is 0 Å². The van der Waals surface area contributed by atoms with Crippen LogP contribution >= 0.6 is 0 Å². The van der Waals surface area contributed by atoms with Crippen molar-refractivity contribution in [2.45, 2.75) is 40.5 Å². The summed E-state index contributed by atoms with van der Waals surface area (Å²) in [6, 6.07) is 2.13. The standard InChI is InChI=1S/C19H33NO6/c1-7-14(3)16(17(21)25-11-9-23-5)19(13-20,15(4)8-2)18(22)26-12-10-24-6/h14-16H,7-12H2,1-6H3. The molecule has 0 saturated heterocycles. The van der Waals surface area contributed by atoms with Gasteiger partial charge < -0.3 is 18.9 Å². The van der Waals surface area contributed by atoms with Gasteiger partial charge >= 0.3 is 11.9 Å². The highest BCUT2D eigenvalue weighted by atomic mass is 16.6. The smallest absolute Gasteiger partial charge is 0.327 e. The van der Waals surface area contributed by atoms with Gasteiger partial charge in [0.25, 0.3) is 0 Å². The van der Waals surface area contributed by atoms with E-state index in [4.69, 9.17) is 18.9 Å². The molecule has 0 saturated carbocycles. The average Bonchev–Trinajstić information content (AvgIpc) is 2.64. The summed E-state index contributed by atoms with van der Waals surface area (Å²) in [7, 11) is 3.00. The Morgan fingerprint density at radius 1 is 0.962 bits per heavy atom. The van der Waals surface area contributed by atoms with E-state index in [1.54, 1.807) is 6.92 Å². The molecule has 0 aromatic carbocycles. The minimum atomic E-state index is -1.61. The second kappa shape index (κ2) is 12.7. The summed E-state index contributed by atoms with van der Waals surface area (Å²) in [5, 5.41) is 10.0. The molecule has 7 nitrogen and oxygen atoms in total. The minimum absolute atomic E-state index is 0.0289. The molecule has 4 unspecified atom stereocenters. The average molecular weight is 371 g/mol. The molecule has 150 valence electrons. The Hall–Kier alpha value is -1.65. The monoisotopic (exact) mass is 371 g/mol. The normalized spacial score (nSPS) is 16.7. The van der Waals surface area contributed by atoms with E-state index in [-0.39, 0.29) is 38.3 Å². The third-order valence-electron chi connectivity index (χ3n) is 4.92. The Balaban J connectivity index is 5.89. The fourth-order valence-electron chi connectivity index (χ4n) is 2.94. The summed E-state index contributed by atoms with van der Waals surface area (Å²) in [6.45, 7) is 8.00. The summed E-state index contributed by atoms with van der Waals surface area (Å²) in [5.41, 5.74) is -1.61. The number of rotatable bonds is 13. The number of methoxy groups -OCH3 is 2. The molecule has 0 radical (unpaired) electrons. The Bertz CT molecular complexity index is 475. The maximum Gasteiger partial charge on any atom is 0.327 e. The van der Waals surface area contributed by atoms with Gasteiger partial charge in [-0.3, -0.25) is 9.59 Å². The van der Waals surface area contributed by atoms with E-state index in [0.717, 1.165) is 0 Å². The first-order valence-corrected chi connectivity index (χ1v) is 9.10. The summed E-state index contributed by atoms with van der Waals surface area (Å²) < 4.78 is 20.4. The predicted molar refractivity (Wildman–Crippen MR) is 96.1 cm³/mol. The van der Waals surface area contributed by atoms with Crippen LogP contribution in [0, 0.1) is 34.5 Å². The van der Waals surface area contributed by atoms with Gasteiger partial charge in [-0.2, -0.15) is 5.26 Å². The van der Waals surface area contributed by atoms with E-state index < -0.39 is 23.3 Å². The van der Waals surface area contributed by atoms with E-state index in [1.165, 1.54) is 14.2 Å². The van der Waals surface area contributed by atoms with Crippen LogP contribution < -0.4 is 0 Å². The summed E-state index contributed by atoms with van der Waals surface area (Å²) >= 11 is 0. The molecule has 0 aromatic heterocycles. The largest absolute Gasteiger partial charge is 0.463 e. The van der Waals surface area contributed by atoms with Crippen LogP contribution in [-0.4, -0.2) is 52.6 Å². The Morgan fingerprint density at radius 2 is 1.50 bits per heavy atom. The van der Waals surface area contributed by atoms with Gasteiger partial charge in [0.15, 0.2) is 5.41 Å². The van der Waals surface area contributed by atoms with Crippen LogP contribution in [-0.2, 0) is 28.5 Å². The van der Waals surface area contributed by atoms with Crippen LogP contribution in [0.4, 0.5) is 0 Å². The van der Waals surface area contributed by atoms with E-state index in [0.29, 0.717) is 12.8 Å². The van der Waals surface area contributed by atoms with Crippen molar-refractivity contribution in [2.24, 2.45) is 23.2 Å². The molecule has 0 aromatic rings. The molecule has 0 aliphatic heterocycles. The topological polar surface area (TPSA) is 94.9 Å². The highest BCUT2D eigenvalue weighted by Gasteiger charge is 2.56. The van der Waals surface area contributed by atoms with Crippen molar-refractivity contribution in [3.05, 3.63) is 0 Å². The first kappa shape index (κ1) is 24.4. The van der Waals surface area contributed by atoms with Gasteiger partial charge in [0, 0.05) is 14.2 Å². The molecule has 26 heavy (non-hydrogen) atoms. The molecule has 4 atom stereocenters. The Labute approximate surface area is 156 Å². The van der Waals surface area contributed by atoms with Gasteiger partial charge in [0.2, 0.25) is 0 Å². The van der Waals surface area contributed by atoms with Crippen molar-refractivity contribution in [2.75, 3.05) is 40.6 Å². The van der Waals surface area contributed by atoms with Crippen molar-refractivity contribution < 1.29 is 28.5 Å². The van der Waals surface area contributed by atoms with Crippen molar-refractivity contribution in [3.63, 3.8) is 0 Å². The molecular formula is C19H33NO6. The lowest BCUT2D eigenvalue weighted by Crippen LogP contribution is -2.50. The van der Waals surface area contributed by atoms with E-state index in [9.17, 15) is 14.9 Å². The van der Waals surface area contributed by atoms with Crippen LogP contribution in [0.25, 0.3) is 0 Å². The highest BCUT2D eigenvalue weighted by molar-refractivity contribution is 5.88. The molecule has 0 aliphatic rings. The predicted octanol–water partition coefficient (Wildman–Crippen LogP) is 2.58. The van der Waals surface area contributed by atoms with Gasteiger partial charge in [-0.25, -0.2) is 0 Å². The number of carbonyl (C=O) groups excluding carboxylic acids is 2. The number of nitriles is 1. The van der Waals surface area contributed by atoms with Gasteiger partial charge in [0.1, 0.15) is 13.2 Å². The lowest BCUT2D eigenvalue weighted by Gasteiger charge is -2.38. The number of esters is 2. The zero-order valence-electron chi connectivity index (χ0n) is 16.9. The first-order valence-electron chi connectivity index (χ1n) is 9.10. The summed E-state index contributed by atoms with van der Waals surface area (Å²) in [5.74, 6) is -2.79. The quantitative estimate of drug-likeness (QED) is 0.363. The van der Waals surface area contributed by atoms with Gasteiger partial charge in [0.05, 0.1) is 25.2 Å². The molecule has 7 heteroatoms. The van der Waals surface area contributed by atoms with Crippen molar-refractivity contribution in [3.8, 4) is 6.07 Å². The lowest BCUT2D eigenvalue weighted by atomic mass is 9.62. The van der Waals surface area contributed by atoms with Gasteiger partial charge in [-0.1, -0.05) is 40.5 Å². The zero-order chi connectivity index (χ0) is 20.2. The number of hydrogen-bond acceptors (Lipinski definition) is 7. The lowest BCUT2D eigenvalue weighted by molar-refractivity contribution is -0.173. The third-order valence-corrected chi connectivity index (χ3v) is 4.92. The van der Waals surface area contributed by atoms with Crippen molar-refractivity contribution in [1.29, 1.82) is 5.26 Å². The second-order valence-electron chi connectivity index (χ2n) is 6.44. The first-order chi connectivity index (χ1) is 12.4. The number of carbonyl (C=O) groups is 2. The van der Waals surface area contributed by atoms with E-state index in [2.05, 4.69) is 6.07 Å². The molecule has 0 bridgehead atoms. The molecular weight excluding hydrogens is 338 g/mol. The van der Waals surface area contributed by atoms with Crippen molar-refractivity contribution in [1.82, 2.24) is 0 Å². The SMILES string of the molecule is CCC(C)C(C(=O)OCCOC)C(C#N)(C(=O)OCCOC)C(C)CC. The molecule has 0 fully saturated rings. The maximum atomic E-state index is 12.9. The highest BCUT2D eigenvalue weighted by Crippen LogP contribution is 2.44. The van der Waals surface area contributed by atoms with Crippen LogP contribution in [0.3, 0.4) is 0 Å². The van der Waals surface area contributed by atoms with Crippen LogP contribution in [0.15, 0.2) is 0 Å². The number of hydrogen-bond donors (Lipinski definition) is 0. The van der Waals surface area contributed by atoms with E-state index >= 15 is 0 Å². The fraction of sp³-hybridized carbons (Fsp3) is 0.842. The molecule has 0 N–H and O–H groups in total. The summed E-state index contributed by atoms with van der Waals surface area (Å²) in [6.07, 6.45) is 1.17. The molecule has 0 aliphatic carbocycles. The van der Waals surface area contributed by atoms with Gasteiger partial charge in [-0.05, 0) is 11.8 Å². The van der Waals surface area contributed by atoms with E-state index in [1.807, 2.05) is 20.8 Å². The number of nitrogens with zero attached hydrogens (tertiary/aromatic N) is 1. The molecule has 0 amide bonds. The van der Waals surface area contributed by atoms with Crippen LogP contribution in [0.5, 0.6) is 0 Å². The molecule has 0 rings (SSSR count). The maximum absolute atomic E-state index is 12.9. The van der Waals surface area contributed by atoms with Crippen LogP contribution in [0.1, 0.15) is 40.5 Å². The minimum Gasteiger partial charge on any atom is -0.463 e. The third kappa shape index (κ3) is 5.96. The van der Waals surface area contributed by atoms with Crippen molar-refractivity contribution >= 4 is 11.9 Å². The fourth-order valence-corrected chi connectivity index (χ4v) is 2.94. The van der Waals surface area contributed by atoms with Gasteiger partial charge in [-0.15, -0.1) is 0 Å². The second-order valence-corrected chi connectivity index (χ2v) is 6.44. The molecule has 0 heterocycles. The molecule has 0 spiro atoms. The Morgan fingerprint density at radius 3 is 1.92 bits per heavy atom. The Kier molecular flexibility index (Phi) is 11.9. The zero-order valence-corrected chi connectivity index (χ0v) is 16.9.